The van der Waals surface area contributed by atoms with Crippen molar-refractivity contribution in [3.8, 4) is 11.5 Å². The average Bonchev–Trinajstić information content (AvgIpc) is 3.13. The molecule has 2 aliphatic rings. The zero-order chi connectivity index (χ0) is 39.9. The number of amides is 2. The van der Waals surface area contributed by atoms with Gasteiger partial charge in [-0.1, -0.05) is 23.7 Å². The van der Waals surface area contributed by atoms with Crippen molar-refractivity contribution < 1.29 is 33.3 Å². The first-order valence-electron chi connectivity index (χ1n) is 19.2. The van der Waals surface area contributed by atoms with Crippen LogP contribution in [-0.4, -0.2) is 88.1 Å². The number of anilines is 2. The van der Waals surface area contributed by atoms with Crippen LogP contribution in [0.1, 0.15) is 83.0 Å². The van der Waals surface area contributed by atoms with E-state index in [4.69, 9.17) is 30.5 Å². The van der Waals surface area contributed by atoms with Crippen LogP contribution in [-0.2, 0) is 25.5 Å². The van der Waals surface area contributed by atoms with Gasteiger partial charge in [-0.15, -0.1) is 0 Å². The van der Waals surface area contributed by atoms with Crippen LogP contribution in [0, 0.1) is 5.92 Å². The van der Waals surface area contributed by atoms with Crippen molar-refractivity contribution in [3.05, 3.63) is 82.4 Å². The maximum Gasteiger partial charge on any atom is 0.407 e. The molecule has 1 aliphatic carbocycles. The van der Waals surface area contributed by atoms with E-state index in [1.165, 1.54) is 7.11 Å². The summed E-state index contributed by atoms with van der Waals surface area (Å²) in [7, 11) is 5.12. The first-order valence-corrected chi connectivity index (χ1v) is 19.6. The van der Waals surface area contributed by atoms with Crippen molar-refractivity contribution in [2.45, 2.75) is 90.5 Å². The number of rotatable bonds is 14. The molecule has 298 valence electrons. The van der Waals surface area contributed by atoms with Gasteiger partial charge in [-0.05, 0) is 131 Å². The van der Waals surface area contributed by atoms with Gasteiger partial charge >= 0.3 is 12.1 Å². The highest BCUT2D eigenvalue weighted by molar-refractivity contribution is 6.30. The molecule has 12 heteroatoms. The molecule has 0 saturated heterocycles. The van der Waals surface area contributed by atoms with Gasteiger partial charge in [0.15, 0.2) is 11.5 Å². The van der Waals surface area contributed by atoms with Crippen LogP contribution in [0.25, 0.3) is 0 Å². The van der Waals surface area contributed by atoms with E-state index in [9.17, 15) is 14.4 Å². The van der Waals surface area contributed by atoms with Crippen molar-refractivity contribution in [2.75, 3.05) is 57.2 Å². The molecule has 55 heavy (non-hydrogen) atoms. The molecule has 2 amide bonds. The number of hydrogen-bond acceptors (Lipinski definition) is 9. The van der Waals surface area contributed by atoms with Gasteiger partial charge in [0, 0.05) is 49.1 Å². The van der Waals surface area contributed by atoms with Gasteiger partial charge in [-0.2, -0.15) is 0 Å². The molecule has 0 bridgehead atoms. The van der Waals surface area contributed by atoms with Crippen LogP contribution in [0.4, 0.5) is 16.2 Å². The molecule has 1 atom stereocenters. The monoisotopic (exact) mass is 776 g/mol. The molecule has 5 rings (SSSR count). The topological polar surface area (TPSA) is 110 Å². The second kappa shape index (κ2) is 18.4. The number of carbonyl (C=O) groups excluding carboxylic acids is 3. The summed E-state index contributed by atoms with van der Waals surface area (Å²) in [6.45, 7) is 11.4. The van der Waals surface area contributed by atoms with Gasteiger partial charge in [0.2, 0.25) is 5.91 Å². The lowest BCUT2D eigenvalue weighted by Crippen LogP contribution is -2.46. The number of carbonyl (C=O) groups is 3. The summed E-state index contributed by atoms with van der Waals surface area (Å²) < 4.78 is 22.2. The minimum Gasteiger partial charge on any atom is -0.493 e. The largest absolute Gasteiger partial charge is 0.493 e. The number of methoxy groups -OCH3 is 2. The number of alkyl carbamates (subject to hydrolysis) is 1. The fraction of sp³-hybridized carbons (Fsp3) is 0.512. The van der Waals surface area contributed by atoms with Crippen LogP contribution in [0.15, 0.2) is 60.7 Å². The third-order valence-corrected chi connectivity index (χ3v) is 10.4. The summed E-state index contributed by atoms with van der Waals surface area (Å²) in [4.78, 5) is 44.7. The van der Waals surface area contributed by atoms with E-state index >= 15 is 0 Å². The zero-order valence-corrected chi connectivity index (χ0v) is 34.3. The Morgan fingerprint density at radius 3 is 2.24 bits per heavy atom. The van der Waals surface area contributed by atoms with Crippen molar-refractivity contribution >= 4 is 40.9 Å². The Morgan fingerprint density at radius 2 is 1.64 bits per heavy atom. The first-order chi connectivity index (χ1) is 26.1. The van der Waals surface area contributed by atoms with Gasteiger partial charge in [-0.25, -0.2) is 4.79 Å². The molecule has 3 aromatic carbocycles. The number of benzene rings is 3. The summed E-state index contributed by atoms with van der Waals surface area (Å²) in [5.74, 6) is 1.43. The Balaban J connectivity index is 1.26. The smallest absolute Gasteiger partial charge is 0.407 e. The number of esters is 1. The van der Waals surface area contributed by atoms with Gasteiger partial charge in [0.05, 0.1) is 39.3 Å². The van der Waals surface area contributed by atoms with Crippen LogP contribution in [0.2, 0.25) is 5.02 Å². The maximum absolute atomic E-state index is 14.0. The van der Waals surface area contributed by atoms with Gasteiger partial charge in [0.1, 0.15) is 5.60 Å². The lowest BCUT2D eigenvalue weighted by atomic mass is 9.85. The quantitative estimate of drug-likeness (QED) is 0.164. The molecule has 1 aliphatic heterocycles. The standard InChI is InChI=1S/C43H57ClN4O7/c1-28(2)54-38-25-36-31(23-37(38)52-7)24-39(49)48(41(36)30-11-13-32(44)14-12-30)35-19-17-33(18-20-35)46(6)26-29-9-15-34(16-10-29)47(27-40(50)53-8)22-21-45-42(51)55-43(3,4)5/h11-14,17-20,23,25,28-29,34,41H,9-10,15-16,21-22,24,26-27H2,1-8H3,(H,45,51)/t29-,34-,41-/m0/s1. The highest BCUT2D eigenvalue weighted by Crippen LogP contribution is 2.44. The maximum atomic E-state index is 14.0. The van der Waals surface area contributed by atoms with E-state index in [-0.39, 0.29) is 43.0 Å². The lowest BCUT2D eigenvalue weighted by Gasteiger charge is -2.39. The number of ether oxygens (including phenoxy) is 4. The van der Waals surface area contributed by atoms with Crippen LogP contribution in [0.3, 0.4) is 0 Å². The molecule has 1 N–H and O–H groups in total. The third-order valence-electron chi connectivity index (χ3n) is 10.2. The normalized spacial score (nSPS) is 18.5. The summed E-state index contributed by atoms with van der Waals surface area (Å²) in [6, 6.07) is 19.7. The second-order valence-electron chi connectivity index (χ2n) is 15.8. The molecule has 0 unspecified atom stereocenters. The van der Waals surface area contributed by atoms with E-state index in [0.717, 1.165) is 60.3 Å². The number of nitrogens with zero attached hydrogens (tertiary/aromatic N) is 3. The fourth-order valence-electron chi connectivity index (χ4n) is 7.62. The van der Waals surface area contributed by atoms with Crippen LogP contribution in [0.5, 0.6) is 11.5 Å². The Labute approximate surface area is 331 Å². The van der Waals surface area contributed by atoms with E-state index < -0.39 is 11.7 Å². The van der Waals surface area contributed by atoms with Crippen molar-refractivity contribution in [2.24, 2.45) is 5.92 Å². The number of fused-ring (bicyclic) bond motifs is 1. The third kappa shape index (κ3) is 11.1. The highest BCUT2D eigenvalue weighted by Gasteiger charge is 2.36. The molecule has 1 fully saturated rings. The molecule has 0 radical (unpaired) electrons. The SMILES string of the molecule is COC(=O)CN(CCNC(=O)OC(C)(C)C)[C@H]1CC[C@H](CN(C)c2ccc(N3C(=O)Cc4cc(OC)c(OC(C)C)cc4[C@@H]3c3ccc(Cl)cc3)cc2)CC1. The molecular formula is C43H57ClN4O7. The van der Waals surface area contributed by atoms with Gasteiger partial charge < -0.3 is 34.1 Å². The molecule has 0 aromatic heterocycles. The van der Waals surface area contributed by atoms with Gasteiger partial charge in [0.25, 0.3) is 0 Å². The lowest BCUT2D eigenvalue weighted by molar-refractivity contribution is -0.142. The molecule has 0 spiro atoms. The summed E-state index contributed by atoms with van der Waals surface area (Å²) >= 11 is 6.30. The summed E-state index contributed by atoms with van der Waals surface area (Å²) in [5, 5.41) is 3.44. The Hall–Kier alpha value is -4.48. The summed E-state index contributed by atoms with van der Waals surface area (Å²) in [5.41, 5.74) is 4.14. The predicted molar refractivity (Wildman–Crippen MR) is 217 cm³/mol. The minimum atomic E-state index is -0.576. The molecule has 3 aromatic rings. The second-order valence-corrected chi connectivity index (χ2v) is 16.2. The zero-order valence-electron chi connectivity index (χ0n) is 33.5. The first kappa shape index (κ1) is 41.7. The minimum absolute atomic E-state index is 0.00763. The van der Waals surface area contributed by atoms with E-state index in [2.05, 4.69) is 34.3 Å². The Kier molecular flexibility index (Phi) is 14.0. The Morgan fingerprint density at radius 1 is 0.964 bits per heavy atom. The Bertz CT molecular complexity index is 1770. The average molecular weight is 777 g/mol. The number of nitrogens with one attached hydrogen (secondary N) is 1. The van der Waals surface area contributed by atoms with Crippen molar-refractivity contribution in [3.63, 3.8) is 0 Å². The highest BCUT2D eigenvalue weighted by atomic mass is 35.5. The molecule has 1 heterocycles. The molecular weight excluding hydrogens is 720 g/mol. The van der Waals surface area contributed by atoms with Crippen LogP contribution < -0.4 is 24.6 Å². The molecule has 11 nitrogen and oxygen atoms in total. The number of halogens is 1. The fourth-order valence-corrected chi connectivity index (χ4v) is 7.74. The molecule has 1 saturated carbocycles. The van der Waals surface area contributed by atoms with Crippen molar-refractivity contribution in [1.29, 1.82) is 0 Å². The number of hydrogen-bond donors (Lipinski definition) is 1. The van der Waals surface area contributed by atoms with Crippen LogP contribution >= 0.6 is 11.6 Å². The van der Waals surface area contributed by atoms with Gasteiger partial charge in [-0.3, -0.25) is 14.5 Å². The van der Waals surface area contributed by atoms with E-state index in [1.807, 2.05) is 88.0 Å². The van der Waals surface area contributed by atoms with Crippen molar-refractivity contribution in [1.82, 2.24) is 10.2 Å². The predicted octanol–water partition coefficient (Wildman–Crippen LogP) is 7.81. The van der Waals surface area contributed by atoms with E-state index in [0.29, 0.717) is 35.5 Å². The van der Waals surface area contributed by atoms with E-state index in [1.54, 1.807) is 7.11 Å². The summed E-state index contributed by atoms with van der Waals surface area (Å²) in [6.07, 6.45) is 3.64.